The predicted octanol–water partition coefficient (Wildman–Crippen LogP) is 3.31. The highest BCUT2D eigenvalue weighted by Crippen LogP contribution is 2.24. The first kappa shape index (κ1) is 20.7. The van der Waals surface area contributed by atoms with Gasteiger partial charge in [-0.25, -0.2) is 13.8 Å². The van der Waals surface area contributed by atoms with E-state index >= 15 is 0 Å². The van der Waals surface area contributed by atoms with Gasteiger partial charge in [0.05, 0.1) is 11.1 Å². The molecule has 1 heterocycles. The Hall–Kier alpha value is -2.03. The van der Waals surface area contributed by atoms with Gasteiger partial charge in [0, 0.05) is 23.5 Å². The maximum atomic E-state index is 12.7. The number of aryl methyl sites for hydroxylation is 1. The van der Waals surface area contributed by atoms with Crippen molar-refractivity contribution in [1.82, 2.24) is 9.73 Å². The molecule has 0 atom stereocenters. The van der Waals surface area contributed by atoms with Crippen LogP contribution in [0.5, 0.6) is 0 Å². The molecule has 1 saturated heterocycles. The lowest BCUT2D eigenvalue weighted by molar-refractivity contribution is -0.126. The fraction of sp³-hybridized carbons (Fsp3) is 0.300. The third-order valence-corrected chi connectivity index (χ3v) is 7.13. The van der Waals surface area contributed by atoms with Gasteiger partial charge in [-0.1, -0.05) is 45.8 Å². The van der Waals surface area contributed by atoms with E-state index in [0.717, 1.165) is 15.6 Å². The minimum Gasteiger partial charge on any atom is -0.273 e. The Morgan fingerprint density at radius 1 is 1.18 bits per heavy atom. The predicted molar refractivity (Wildman–Crippen MR) is 113 cm³/mol. The summed E-state index contributed by atoms with van der Waals surface area (Å²) in [5.41, 5.74) is 4.44. The molecule has 2 aromatic carbocycles. The van der Waals surface area contributed by atoms with E-state index in [4.69, 9.17) is 0 Å². The van der Waals surface area contributed by atoms with E-state index in [-0.39, 0.29) is 11.8 Å². The summed E-state index contributed by atoms with van der Waals surface area (Å²) in [6.07, 6.45) is 2.53. The van der Waals surface area contributed by atoms with Crippen molar-refractivity contribution in [2.24, 2.45) is 11.0 Å². The normalized spacial score (nSPS) is 16.4. The summed E-state index contributed by atoms with van der Waals surface area (Å²) < 4.78 is 27.8. The molecular formula is C20H22BrN3O3S. The molecule has 1 amide bonds. The Kier molecular flexibility index (Phi) is 6.64. The first-order valence-corrected chi connectivity index (χ1v) is 11.2. The average Bonchev–Trinajstić information content (AvgIpc) is 2.68. The zero-order valence-electron chi connectivity index (χ0n) is 15.5. The van der Waals surface area contributed by atoms with Gasteiger partial charge < -0.3 is 0 Å². The summed E-state index contributed by atoms with van der Waals surface area (Å²) in [6.45, 7) is 2.56. The molecule has 1 aliphatic heterocycles. The molecular weight excluding hydrogens is 442 g/mol. The Morgan fingerprint density at radius 2 is 1.86 bits per heavy atom. The molecule has 0 radical (unpaired) electrons. The molecule has 1 fully saturated rings. The summed E-state index contributed by atoms with van der Waals surface area (Å²) in [5, 5.41) is 4.00. The Bertz CT molecular complexity index is 966. The van der Waals surface area contributed by atoms with Crippen molar-refractivity contribution in [3.8, 4) is 0 Å². The van der Waals surface area contributed by atoms with Gasteiger partial charge in [0.25, 0.3) is 0 Å². The number of hydrazone groups is 1. The van der Waals surface area contributed by atoms with Gasteiger partial charge in [-0.05, 0) is 49.6 Å². The maximum absolute atomic E-state index is 12.7. The van der Waals surface area contributed by atoms with E-state index < -0.39 is 10.0 Å². The van der Waals surface area contributed by atoms with Gasteiger partial charge in [-0.3, -0.25) is 4.79 Å². The number of nitrogens with zero attached hydrogens (tertiary/aromatic N) is 2. The molecule has 0 saturated carbocycles. The lowest BCUT2D eigenvalue weighted by Crippen LogP contribution is -2.42. The zero-order valence-corrected chi connectivity index (χ0v) is 17.9. The van der Waals surface area contributed by atoms with Gasteiger partial charge >= 0.3 is 0 Å². The third-order valence-electron chi connectivity index (χ3n) is 4.72. The Morgan fingerprint density at radius 3 is 2.50 bits per heavy atom. The highest BCUT2D eigenvalue weighted by molar-refractivity contribution is 9.10. The minimum absolute atomic E-state index is 0.182. The Labute approximate surface area is 173 Å². The van der Waals surface area contributed by atoms with E-state index in [1.807, 2.05) is 31.2 Å². The van der Waals surface area contributed by atoms with Crippen molar-refractivity contribution in [1.29, 1.82) is 0 Å². The standard InChI is InChI=1S/C20H22BrN3O3S/c1-15-5-7-19(8-6-15)28(26,27)24-11-9-17(10-12-24)20(25)23-22-14-16-3-2-4-18(21)13-16/h2-8,13-14,17H,9-12H2,1H3,(H,23,25). The third kappa shape index (κ3) is 5.06. The minimum atomic E-state index is -3.52. The van der Waals surface area contributed by atoms with Crippen molar-refractivity contribution in [2.75, 3.05) is 13.1 Å². The fourth-order valence-corrected chi connectivity index (χ4v) is 4.95. The molecule has 3 rings (SSSR count). The van der Waals surface area contributed by atoms with E-state index in [1.54, 1.807) is 30.5 Å². The summed E-state index contributed by atoms with van der Waals surface area (Å²) in [6, 6.07) is 14.4. The van der Waals surface area contributed by atoms with Crippen LogP contribution in [0.4, 0.5) is 0 Å². The largest absolute Gasteiger partial charge is 0.273 e. The number of piperidine rings is 1. The number of amides is 1. The summed E-state index contributed by atoms with van der Waals surface area (Å²) in [4.78, 5) is 12.6. The Balaban J connectivity index is 1.54. The monoisotopic (exact) mass is 463 g/mol. The van der Waals surface area contributed by atoms with Crippen LogP contribution in [0.1, 0.15) is 24.0 Å². The summed E-state index contributed by atoms with van der Waals surface area (Å²) in [5.74, 6) is -0.428. The molecule has 0 aliphatic carbocycles. The van der Waals surface area contributed by atoms with Crippen LogP contribution >= 0.6 is 15.9 Å². The molecule has 28 heavy (non-hydrogen) atoms. The number of hydrogen-bond donors (Lipinski definition) is 1. The zero-order chi connectivity index (χ0) is 20.1. The molecule has 148 valence electrons. The number of halogens is 1. The highest BCUT2D eigenvalue weighted by atomic mass is 79.9. The molecule has 0 bridgehead atoms. The average molecular weight is 464 g/mol. The number of carbonyl (C=O) groups is 1. The van der Waals surface area contributed by atoms with Crippen LogP contribution in [0.3, 0.4) is 0 Å². The van der Waals surface area contributed by atoms with Crippen molar-refractivity contribution >= 4 is 38.1 Å². The smallest absolute Gasteiger partial charge is 0.243 e. The number of benzene rings is 2. The van der Waals surface area contributed by atoms with Crippen LogP contribution in [0.25, 0.3) is 0 Å². The topological polar surface area (TPSA) is 78.8 Å². The number of sulfonamides is 1. The lowest BCUT2D eigenvalue weighted by Gasteiger charge is -2.30. The van der Waals surface area contributed by atoms with E-state index in [2.05, 4.69) is 26.5 Å². The van der Waals surface area contributed by atoms with Crippen molar-refractivity contribution < 1.29 is 13.2 Å². The molecule has 0 unspecified atom stereocenters. The van der Waals surface area contributed by atoms with E-state index in [0.29, 0.717) is 30.8 Å². The van der Waals surface area contributed by atoms with Crippen LogP contribution in [0.2, 0.25) is 0 Å². The van der Waals surface area contributed by atoms with E-state index in [9.17, 15) is 13.2 Å². The molecule has 0 aromatic heterocycles. The second kappa shape index (κ2) is 8.98. The number of rotatable bonds is 5. The van der Waals surface area contributed by atoms with Crippen LogP contribution < -0.4 is 5.43 Å². The second-order valence-corrected chi connectivity index (χ2v) is 9.63. The van der Waals surface area contributed by atoms with Gasteiger partial charge in [0.2, 0.25) is 15.9 Å². The van der Waals surface area contributed by atoms with Crippen LogP contribution in [-0.4, -0.2) is 37.9 Å². The van der Waals surface area contributed by atoms with Gasteiger partial charge in [0.1, 0.15) is 0 Å². The molecule has 1 N–H and O–H groups in total. The molecule has 6 nitrogen and oxygen atoms in total. The van der Waals surface area contributed by atoms with Gasteiger partial charge in [-0.2, -0.15) is 9.41 Å². The summed E-state index contributed by atoms with van der Waals surface area (Å²) >= 11 is 3.38. The van der Waals surface area contributed by atoms with Crippen LogP contribution in [-0.2, 0) is 14.8 Å². The maximum Gasteiger partial charge on any atom is 0.243 e. The number of nitrogens with one attached hydrogen (secondary N) is 1. The number of hydrogen-bond acceptors (Lipinski definition) is 4. The lowest BCUT2D eigenvalue weighted by atomic mass is 9.98. The van der Waals surface area contributed by atoms with Crippen LogP contribution in [0.15, 0.2) is 63.0 Å². The van der Waals surface area contributed by atoms with Crippen molar-refractivity contribution in [3.63, 3.8) is 0 Å². The quantitative estimate of drug-likeness (QED) is 0.545. The molecule has 8 heteroatoms. The first-order chi connectivity index (χ1) is 13.4. The van der Waals surface area contributed by atoms with Crippen LogP contribution in [0, 0.1) is 12.8 Å². The molecule has 1 aliphatic rings. The highest BCUT2D eigenvalue weighted by Gasteiger charge is 2.31. The van der Waals surface area contributed by atoms with Gasteiger partial charge in [0.15, 0.2) is 0 Å². The first-order valence-electron chi connectivity index (χ1n) is 9.01. The van der Waals surface area contributed by atoms with Crippen molar-refractivity contribution in [2.45, 2.75) is 24.7 Å². The number of carbonyl (C=O) groups excluding carboxylic acids is 1. The molecule has 0 spiro atoms. The second-order valence-electron chi connectivity index (χ2n) is 6.78. The van der Waals surface area contributed by atoms with Gasteiger partial charge in [-0.15, -0.1) is 0 Å². The SMILES string of the molecule is Cc1ccc(S(=O)(=O)N2CCC(C(=O)NN=Cc3cccc(Br)c3)CC2)cc1. The summed E-state index contributed by atoms with van der Waals surface area (Å²) in [7, 11) is -3.52. The van der Waals surface area contributed by atoms with E-state index in [1.165, 1.54) is 4.31 Å². The fourth-order valence-electron chi connectivity index (χ4n) is 3.07. The molecule has 2 aromatic rings. The van der Waals surface area contributed by atoms with Crippen molar-refractivity contribution in [3.05, 3.63) is 64.1 Å².